The van der Waals surface area contributed by atoms with Crippen LogP contribution in [0.2, 0.25) is 0 Å². The Hall–Kier alpha value is -2.32. The Morgan fingerprint density at radius 2 is 1.41 bits per heavy atom. The van der Waals surface area contributed by atoms with Crippen molar-refractivity contribution in [1.82, 2.24) is 24.1 Å². The Morgan fingerprint density at radius 1 is 0.941 bits per heavy atom. The predicted molar refractivity (Wildman–Crippen MR) is 54.3 cm³/mol. The standard InChI is InChI=1S/C8H10N5O4/c1-10-5(4(14)9-6(10)15)13-7(16)11(2)12(3)8(13)17/h5H,1-3H3. The molecule has 1 saturated heterocycles. The number of imide groups is 1. The lowest BCUT2D eigenvalue weighted by atomic mass is 10.4. The zero-order valence-corrected chi connectivity index (χ0v) is 9.45. The Kier molecular flexibility index (Phi) is 2.19. The summed E-state index contributed by atoms with van der Waals surface area (Å²) in [6.45, 7) is 0. The van der Waals surface area contributed by atoms with Crippen molar-refractivity contribution < 1.29 is 9.59 Å². The highest BCUT2D eigenvalue weighted by atomic mass is 16.2. The summed E-state index contributed by atoms with van der Waals surface area (Å²) < 4.78 is 2.80. The summed E-state index contributed by atoms with van der Waals surface area (Å²) in [6.07, 6.45) is -1.28. The summed E-state index contributed by atoms with van der Waals surface area (Å²) in [5.41, 5.74) is -1.35. The van der Waals surface area contributed by atoms with E-state index in [1.54, 1.807) is 0 Å². The van der Waals surface area contributed by atoms with Gasteiger partial charge in [0, 0.05) is 21.1 Å². The number of urea groups is 1. The van der Waals surface area contributed by atoms with E-state index in [0.717, 1.165) is 14.3 Å². The van der Waals surface area contributed by atoms with Crippen LogP contribution < -0.4 is 16.7 Å². The molecule has 0 spiro atoms. The monoisotopic (exact) mass is 240 g/mol. The molecular formula is C8H10N5O4. The highest BCUT2D eigenvalue weighted by Crippen LogP contribution is 2.14. The van der Waals surface area contributed by atoms with Gasteiger partial charge in [-0.15, -0.1) is 0 Å². The number of likely N-dealkylation sites (N-methyl/N-ethyl adjacent to an activating group) is 1. The van der Waals surface area contributed by atoms with Crippen LogP contribution in [0.4, 0.5) is 4.79 Å². The molecule has 1 aromatic rings. The van der Waals surface area contributed by atoms with Crippen molar-refractivity contribution in [1.29, 1.82) is 0 Å². The maximum Gasteiger partial charge on any atom is 0.349 e. The number of carbonyl (C=O) groups excluding carboxylic acids is 2. The lowest BCUT2D eigenvalue weighted by molar-refractivity contribution is -0.123. The Bertz CT molecular complexity index is 587. The first-order chi connectivity index (χ1) is 7.86. The van der Waals surface area contributed by atoms with Gasteiger partial charge in [0.25, 0.3) is 5.91 Å². The molecule has 1 aliphatic rings. The minimum Gasteiger partial charge on any atom is -0.296 e. The highest BCUT2D eigenvalue weighted by molar-refractivity contribution is 6.02. The summed E-state index contributed by atoms with van der Waals surface area (Å²) in [7, 11) is 4.08. The van der Waals surface area contributed by atoms with Gasteiger partial charge < -0.3 is 0 Å². The van der Waals surface area contributed by atoms with Crippen LogP contribution in [0.1, 0.15) is 6.17 Å². The van der Waals surface area contributed by atoms with E-state index in [0.29, 0.717) is 4.57 Å². The summed E-state index contributed by atoms with van der Waals surface area (Å²) in [4.78, 5) is 47.2. The second-order valence-electron chi connectivity index (χ2n) is 3.70. The van der Waals surface area contributed by atoms with Gasteiger partial charge in [-0.25, -0.2) is 28.3 Å². The van der Waals surface area contributed by atoms with E-state index in [1.165, 1.54) is 21.1 Å². The first-order valence-electron chi connectivity index (χ1n) is 4.73. The fourth-order valence-electron chi connectivity index (χ4n) is 1.64. The molecule has 1 atom stereocenters. The molecular weight excluding hydrogens is 230 g/mol. The lowest BCUT2D eigenvalue weighted by Crippen LogP contribution is -2.41. The molecule has 0 saturated carbocycles. The Labute approximate surface area is 94.8 Å². The third-order valence-corrected chi connectivity index (χ3v) is 2.76. The Morgan fingerprint density at radius 3 is 1.76 bits per heavy atom. The summed E-state index contributed by atoms with van der Waals surface area (Å²) >= 11 is 0. The Balaban J connectivity index is 2.68. The number of nitrogens with zero attached hydrogens (tertiary/aromatic N) is 5. The average Bonchev–Trinajstić information content (AvgIpc) is 2.61. The van der Waals surface area contributed by atoms with Gasteiger partial charge in [0.2, 0.25) is 6.17 Å². The molecule has 0 N–H and O–H groups in total. The smallest absolute Gasteiger partial charge is 0.296 e. The number of carbonyl (C=O) groups is 2. The first kappa shape index (κ1) is 11.2. The van der Waals surface area contributed by atoms with Crippen LogP contribution in [0, 0.1) is 0 Å². The van der Waals surface area contributed by atoms with Crippen molar-refractivity contribution in [3.05, 3.63) is 21.0 Å². The molecule has 1 unspecified atom stereocenters. The van der Waals surface area contributed by atoms with Crippen molar-refractivity contribution in [3.8, 4) is 0 Å². The van der Waals surface area contributed by atoms with Gasteiger partial charge in [0.15, 0.2) is 0 Å². The van der Waals surface area contributed by atoms with Crippen LogP contribution >= 0.6 is 0 Å². The largest absolute Gasteiger partial charge is 0.349 e. The van der Waals surface area contributed by atoms with E-state index in [-0.39, 0.29) is 0 Å². The van der Waals surface area contributed by atoms with Crippen LogP contribution in [0.5, 0.6) is 0 Å². The number of hydrogen-bond donors (Lipinski definition) is 0. The molecule has 9 nitrogen and oxygen atoms in total. The summed E-state index contributed by atoms with van der Waals surface area (Å²) in [5.74, 6) is -0.817. The van der Waals surface area contributed by atoms with Crippen molar-refractivity contribution >= 4 is 11.9 Å². The number of amides is 3. The van der Waals surface area contributed by atoms with Crippen LogP contribution in [-0.2, 0) is 18.9 Å². The third kappa shape index (κ3) is 1.31. The number of rotatable bonds is 1. The highest BCUT2D eigenvalue weighted by Gasteiger charge is 2.41. The molecule has 0 aromatic carbocycles. The zero-order chi connectivity index (χ0) is 12.9. The quantitative estimate of drug-likeness (QED) is 0.510. The van der Waals surface area contributed by atoms with Crippen molar-refractivity contribution in [3.63, 3.8) is 0 Å². The van der Waals surface area contributed by atoms with Gasteiger partial charge in [-0.05, 0) is 0 Å². The van der Waals surface area contributed by atoms with Gasteiger partial charge in [-0.1, -0.05) is 0 Å². The van der Waals surface area contributed by atoms with Crippen molar-refractivity contribution in [2.24, 2.45) is 14.1 Å². The first-order valence-corrected chi connectivity index (χ1v) is 4.73. The number of aromatic nitrogens is 3. The molecule has 1 fully saturated rings. The van der Waals surface area contributed by atoms with Gasteiger partial charge in [0.05, 0.1) is 0 Å². The molecule has 9 heteroatoms. The van der Waals surface area contributed by atoms with Gasteiger partial charge in [0.1, 0.15) is 0 Å². The normalized spacial score (nSPS) is 19.9. The minimum absolute atomic E-state index is 0.674. The average molecular weight is 240 g/mol. The zero-order valence-electron chi connectivity index (χ0n) is 9.45. The van der Waals surface area contributed by atoms with E-state index in [4.69, 9.17) is 0 Å². The number of hydrogen-bond acceptors (Lipinski definition) is 4. The van der Waals surface area contributed by atoms with E-state index >= 15 is 0 Å². The van der Waals surface area contributed by atoms with Crippen molar-refractivity contribution in [2.45, 2.75) is 6.17 Å². The molecule has 17 heavy (non-hydrogen) atoms. The molecule has 0 bridgehead atoms. The molecule has 1 aromatic heterocycles. The summed E-state index contributed by atoms with van der Waals surface area (Å²) in [5, 5.41) is 3.18. The van der Waals surface area contributed by atoms with Gasteiger partial charge >= 0.3 is 17.4 Å². The van der Waals surface area contributed by atoms with Crippen LogP contribution in [0.15, 0.2) is 9.59 Å². The van der Waals surface area contributed by atoms with Crippen LogP contribution in [0.3, 0.4) is 0 Å². The summed E-state index contributed by atoms with van der Waals surface area (Å²) in [6, 6.07) is -0.766. The fraction of sp³-hybridized carbons (Fsp3) is 0.500. The second-order valence-corrected chi connectivity index (χ2v) is 3.70. The second kappa shape index (κ2) is 3.34. The molecule has 1 aliphatic heterocycles. The molecule has 1 radical (unpaired) electrons. The van der Waals surface area contributed by atoms with Crippen LogP contribution in [0.25, 0.3) is 0 Å². The molecule has 3 amide bonds. The van der Waals surface area contributed by atoms with E-state index < -0.39 is 29.5 Å². The lowest BCUT2D eigenvalue weighted by Gasteiger charge is -2.14. The van der Waals surface area contributed by atoms with E-state index in [9.17, 15) is 19.2 Å². The SMILES string of the molecule is CN1C(=O)[N]C(=O)C1n1c(=O)n(C)n(C)c1=O. The molecule has 0 aliphatic carbocycles. The minimum atomic E-state index is -1.28. The van der Waals surface area contributed by atoms with Gasteiger partial charge in [-0.3, -0.25) is 9.69 Å². The molecule has 2 heterocycles. The van der Waals surface area contributed by atoms with Crippen molar-refractivity contribution in [2.75, 3.05) is 7.05 Å². The topological polar surface area (TPSA) is 100 Å². The maximum absolute atomic E-state index is 11.8. The third-order valence-electron chi connectivity index (χ3n) is 2.76. The van der Waals surface area contributed by atoms with Gasteiger partial charge in [-0.2, -0.15) is 5.32 Å². The predicted octanol–water partition coefficient (Wildman–Crippen LogP) is -2.42. The van der Waals surface area contributed by atoms with E-state index in [1.807, 2.05) is 0 Å². The molecule has 2 rings (SSSR count). The van der Waals surface area contributed by atoms with E-state index in [2.05, 4.69) is 5.32 Å². The van der Waals surface area contributed by atoms with Crippen LogP contribution in [-0.4, -0.2) is 37.8 Å². The maximum atomic E-state index is 11.8. The molecule has 91 valence electrons. The fourth-order valence-corrected chi connectivity index (χ4v) is 1.64.